The molecule has 0 saturated heterocycles. The van der Waals surface area contributed by atoms with Gasteiger partial charge in [-0.05, 0) is 19.3 Å². The highest BCUT2D eigenvalue weighted by molar-refractivity contribution is 5.80. The minimum atomic E-state index is -0.992. The van der Waals surface area contributed by atoms with Gasteiger partial charge in [-0.1, -0.05) is 6.92 Å². The van der Waals surface area contributed by atoms with E-state index in [2.05, 4.69) is 10.3 Å². The summed E-state index contributed by atoms with van der Waals surface area (Å²) in [4.78, 5) is 27.7. The number of urea groups is 1. The van der Waals surface area contributed by atoms with Crippen molar-refractivity contribution in [3.8, 4) is 0 Å². The van der Waals surface area contributed by atoms with Gasteiger partial charge < -0.3 is 19.9 Å². The largest absolute Gasteiger partial charge is 0.480 e. The van der Waals surface area contributed by atoms with Crippen molar-refractivity contribution in [1.29, 1.82) is 0 Å². The Bertz CT molecular complexity index is 406. The van der Waals surface area contributed by atoms with Gasteiger partial charge in [-0.25, -0.2) is 9.78 Å². The van der Waals surface area contributed by atoms with Crippen molar-refractivity contribution in [3.05, 3.63) is 18.7 Å². The summed E-state index contributed by atoms with van der Waals surface area (Å²) < 4.78 is 1.98. The number of amides is 2. The number of hydrogen-bond donors (Lipinski definition) is 2. The molecule has 0 spiro atoms. The van der Waals surface area contributed by atoms with E-state index in [0.29, 0.717) is 13.1 Å². The molecule has 2 amide bonds. The lowest BCUT2D eigenvalue weighted by molar-refractivity contribution is -0.137. The van der Waals surface area contributed by atoms with Gasteiger partial charge in [0.2, 0.25) is 0 Å². The second-order valence-corrected chi connectivity index (χ2v) is 4.55. The fraction of sp³-hybridized carbons (Fsp3) is 0.615. The number of rotatable bonds is 9. The zero-order chi connectivity index (χ0) is 14.8. The van der Waals surface area contributed by atoms with Crippen LogP contribution in [0.5, 0.6) is 0 Å². The number of imidazole rings is 1. The van der Waals surface area contributed by atoms with Gasteiger partial charge in [0.05, 0.1) is 6.33 Å². The van der Waals surface area contributed by atoms with Crippen LogP contribution in [-0.4, -0.2) is 51.2 Å². The average Bonchev–Trinajstić information content (AvgIpc) is 2.90. The molecule has 7 heteroatoms. The average molecular weight is 282 g/mol. The molecule has 0 radical (unpaired) electrons. The minimum absolute atomic E-state index is 0.255. The van der Waals surface area contributed by atoms with Gasteiger partial charge in [0.25, 0.3) is 0 Å². The van der Waals surface area contributed by atoms with E-state index < -0.39 is 5.97 Å². The minimum Gasteiger partial charge on any atom is -0.480 e. The number of nitrogens with one attached hydrogen (secondary N) is 1. The molecule has 0 aliphatic heterocycles. The van der Waals surface area contributed by atoms with Crippen molar-refractivity contribution in [2.45, 2.75) is 32.7 Å². The van der Waals surface area contributed by atoms with Crippen LogP contribution in [0.2, 0.25) is 0 Å². The van der Waals surface area contributed by atoms with Crippen LogP contribution in [-0.2, 0) is 11.3 Å². The predicted octanol–water partition coefficient (Wildman–Crippen LogP) is 1.17. The maximum atomic E-state index is 11.8. The van der Waals surface area contributed by atoms with Crippen molar-refractivity contribution in [2.75, 3.05) is 19.6 Å². The van der Waals surface area contributed by atoms with Crippen LogP contribution in [0.4, 0.5) is 4.79 Å². The fourth-order valence-electron chi connectivity index (χ4n) is 1.83. The third-order valence-corrected chi connectivity index (χ3v) is 2.79. The van der Waals surface area contributed by atoms with Gasteiger partial charge in [-0.2, -0.15) is 0 Å². The van der Waals surface area contributed by atoms with Gasteiger partial charge in [0.1, 0.15) is 6.54 Å². The Morgan fingerprint density at radius 3 is 2.80 bits per heavy atom. The maximum absolute atomic E-state index is 11.8. The quantitative estimate of drug-likeness (QED) is 0.666. The van der Waals surface area contributed by atoms with E-state index in [-0.39, 0.29) is 12.6 Å². The summed E-state index contributed by atoms with van der Waals surface area (Å²) in [7, 11) is 0. The molecule has 0 saturated carbocycles. The number of aliphatic carboxylic acids is 1. The Morgan fingerprint density at radius 2 is 2.20 bits per heavy atom. The van der Waals surface area contributed by atoms with E-state index in [9.17, 15) is 9.59 Å². The Balaban J connectivity index is 2.18. The van der Waals surface area contributed by atoms with Crippen LogP contribution in [0.1, 0.15) is 26.2 Å². The molecule has 1 aromatic rings. The lowest BCUT2D eigenvalue weighted by Gasteiger charge is -2.20. The van der Waals surface area contributed by atoms with Gasteiger partial charge in [0.15, 0.2) is 0 Å². The third-order valence-electron chi connectivity index (χ3n) is 2.79. The molecule has 0 aliphatic rings. The first-order valence-electron chi connectivity index (χ1n) is 6.83. The first-order valence-corrected chi connectivity index (χ1v) is 6.83. The zero-order valence-electron chi connectivity index (χ0n) is 11.8. The van der Waals surface area contributed by atoms with Gasteiger partial charge in [0, 0.05) is 32.0 Å². The van der Waals surface area contributed by atoms with Crippen molar-refractivity contribution in [3.63, 3.8) is 0 Å². The number of aromatic nitrogens is 2. The Labute approximate surface area is 118 Å². The number of carboxylic acid groups (broad SMARTS) is 1. The van der Waals surface area contributed by atoms with E-state index in [1.54, 1.807) is 12.5 Å². The second-order valence-electron chi connectivity index (χ2n) is 4.55. The van der Waals surface area contributed by atoms with Crippen LogP contribution in [0, 0.1) is 0 Å². The lowest BCUT2D eigenvalue weighted by atomic mass is 10.3. The summed E-state index contributed by atoms with van der Waals surface area (Å²) in [6, 6.07) is -0.308. The number of hydrogen-bond acceptors (Lipinski definition) is 3. The molecule has 0 fully saturated rings. The molecule has 1 heterocycles. The highest BCUT2D eigenvalue weighted by atomic mass is 16.4. The SMILES string of the molecule is CCCN(CC(=O)O)C(=O)NCCCCn1ccnc1. The molecule has 0 bridgehead atoms. The fourth-order valence-corrected chi connectivity index (χ4v) is 1.83. The standard InChI is InChI=1S/C13H22N4O3/c1-2-7-17(10-12(18)19)13(20)15-5-3-4-8-16-9-6-14-11-16/h6,9,11H,2-5,7-8,10H2,1H3,(H,15,20)(H,18,19). The van der Waals surface area contributed by atoms with Crippen LogP contribution in [0.15, 0.2) is 18.7 Å². The molecule has 0 atom stereocenters. The molecule has 0 aliphatic carbocycles. The molecule has 112 valence electrons. The van der Waals surface area contributed by atoms with E-state index >= 15 is 0 Å². The smallest absolute Gasteiger partial charge is 0.323 e. The second kappa shape index (κ2) is 8.95. The predicted molar refractivity (Wildman–Crippen MR) is 74.4 cm³/mol. The normalized spacial score (nSPS) is 10.2. The molecule has 1 aromatic heterocycles. The van der Waals surface area contributed by atoms with E-state index in [1.165, 1.54) is 4.90 Å². The van der Waals surface area contributed by atoms with Gasteiger partial charge in [-0.15, -0.1) is 0 Å². The first kappa shape index (κ1) is 16.0. The van der Waals surface area contributed by atoms with Crippen molar-refractivity contribution in [2.24, 2.45) is 0 Å². The van der Waals surface area contributed by atoms with Gasteiger partial charge >= 0.3 is 12.0 Å². The number of unbranched alkanes of at least 4 members (excludes halogenated alkanes) is 1. The van der Waals surface area contributed by atoms with Crippen molar-refractivity contribution < 1.29 is 14.7 Å². The summed E-state index contributed by atoms with van der Waals surface area (Å²) in [5, 5.41) is 11.5. The number of carbonyl (C=O) groups is 2. The van der Waals surface area contributed by atoms with Crippen molar-refractivity contribution >= 4 is 12.0 Å². The van der Waals surface area contributed by atoms with Crippen LogP contribution in [0.3, 0.4) is 0 Å². The molecule has 20 heavy (non-hydrogen) atoms. The monoisotopic (exact) mass is 282 g/mol. The number of carbonyl (C=O) groups excluding carboxylic acids is 1. The summed E-state index contributed by atoms with van der Waals surface area (Å²) in [6.07, 6.45) is 7.90. The highest BCUT2D eigenvalue weighted by Crippen LogP contribution is 1.96. The molecular weight excluding hydrogens is 260 g/mol. The number of nitrogens with zero attached hydrogens (tertiary/aromatic N) is 3. The molecule has 0 aromatic carbocycles. The maximum Gasteiger partial charge on any atom is 0.323 e. The Morgan fingerprint density at radius 1 is 1.40 bits per heavy atom. The summed E-state index contributed by atoms with van der Waals surface area (Å²) in [5.74, 6) is -0.992. The molecule has 7 nitrogen and oxygen atoms in total. The summed E-state index contributed by atoms with van der Waals surface area (Å²) in [5.41, 5.74) is 0. The first-order chi connectivity index (χ1) is 9.63. The van der Waals surface area contributed by atoms with Crippen molar-refractivity contribution in [1.82, 2.24) is 19.8 Å². The van der Waals surface area contributed by atoms with E-state index in [1.807, 2.05) is 17.7 Å². The number of aryl methyl sites for hydroxylation is 1. The summed E-state index contributed by atoms with van der Waals surface area (Å²) >= 11 is 0. The molecule has 2 N–H and O–H groups in total. The van der Waals surface area contributed by atoms with Crippen LogP contribution >= 0.6 is 0 Å². The summed E-state index contributed by atoms with van der Waals surface area (Å²) in [6.45, 7) is 3.52. The topological polar surface area (TPSA) is 87.5 Å². The Kier molecular flexibility index (Phi) is 7.16. The lowest BCUT2D eigenvalue weighted by Crippen LogP contribution is -2.43. The van der Waals surface area contributed by atoms with E-state index in [0.717, 1.165) is 25.8 Å². The van der Waals surface area contributed by atoms with Crippen LogP contribution < -0.4 is 5.32 Å². The van der Waals surface area contributed by atoms with E-state index in [4.69, 9.17) is 5.11 Å². The molecule has 0 unspecified atom stereocenters. The Hall–Kier alpha value is -2.05. The van der Waals surface area contributed by atoms with Crippen LogP contribution in [0.25, 0.3) is 0 Å². The van der Waals surface area contributed by atoms with Gasteiger partial charge in [-0.3, -0.25) is 4.79 Å². The zero-order valence-corrected chi connectivity index (χ0v) is 11.8. The highest BCUT2D eigenvalue weighted by Gasteiger charge is 2.14. The molecule has 1 rings (SSSR count). The number of carboxylic acids is 1. The molecular formula is C13H22N4O3. The third kappa shape index (κ3) is 6.21.